The molecule has 1 aromatic heterocycles. The number of sulfonamides is 1. The molecule has 0 saturated carbocycles. The average molecular weight is 471 g/mol. The van der Waals surface area contributed by atoms with E-state index in [2.05, 4.69) is 24.3 Å². The third-order valence-electron chi connectivity index (χ3n) is 6.41. The van der Waals surface area contributed by atoms with E-state index in [-0.39, 0.29) is 22.3 Å². The number of halogens is 1. The van der Waals surface area contributed by atoms with Crippen LogP contribution in [0.2, 0.25) is 0 Å². The van der Waals surface area contributed by atoms with Crippen molar-refractivity contribution in [1.29, 1.82) is 0 Å². The first-order valence-corrected chi connectivity index (χ1v) is 13.2. The van der Waals surface area contributed by atoms with Crippen LogP contribution in [0.3, 0.4) is 0 Å². The lowest BCUT2D eigenvalue weighted by Gasteiger charge is -2.42. The smallest absolute Gasteiger partial charge is 0.250 e. The number of fused-ring (bicyclic) bond motifs is 4. The fourth-order valence-corrected chi connectivity index (χ4v) is 6.91. The largest absolute Gasteiger partial charge is 0.311 e. The Morgan fingerprint density at radius 1 is 0.938 bits per heavy atom. The van der Waals surface area contributed by atoms with E-state index in [4.69, 9.17) is 0 Å². The van der Waals surface area contributed by atoms with E-state index in [0.717, 1.165) is 28.1 Å². The van der Waals surface area contributed by atoms with Gasteiger partial charge in [0.1, 0.15) is 5.82 Å². The van der Waals surface area contributed by atoms with Crippen molar-refractivity contribution in [2.75, 3.05) is 19.3 Å². The van der Waals surface area contributed by atoms with Gasteiger partial charge in [-0.3, -0.25) is 4.79 Å². The molecule has 0 N–H and O–H groups in total. The number of benzene rings is 2. The molecule has 2 aliphatic rings. The predicted octanol–water partition coefficient (Wildman–Crippen LogP) is 4.18. The molecule has 1 fully saturated rings. The number of hydrogen-bond acceptors (Lipinski definition) is 4. The van der Waals surface area contributed by atoms with Crippen molar-refractivity contribution in [3.05, 3.63) is 82.5 Å². The molecule has 1 saturated heterocycles. The SMILES string of the molecule is CSc1ccc(-c2ccc(=O)n3c2C2CC(CN(S(=O)(=O)c4ccc(F)cc4)C2)C3)cc1. The number of nitrogens with zero attached hydrogens (tertiary/aromatic N) is 2. The van der Waals surface area contributed by atoms with Crippen LogP contribution in [0.4, 0.5) is 4.39 Å². The van der Waals surface area contributed by atoms with Crippen LogP contribution in [0.25, 0.3) is 11.1 Å². The molecule has 5 nitrogen and oxygen atoms in total. The fourth-order valence-electron chi connectivity index (χ4n) is 4.94. The van der Waals surface area contributed by atoms with Gasteiger partial charge in [-0.15, -0.1) is 11.8 Å². The predicted molar refractivity (Wildman–Crippen MR) is 124 cm³/mol. The summed E-state index contributed by atoms with van der Waals surface area (Å²) in [5.74, 6) is -0.491. The van der Waals surface area contributed by atoms with Crippen LogP contribution in [0.1, 0.15) is 18.0 Å². The van der Waals surface area contributed by atoms with E-state index < -0.39 is 15.8 Å². The maximum absolute atomic E-state index is 13.3. The maximum atomic E-state index is 13.3. The second-order valence-electron chi connectivity index (χ2n) is 8.38. The van der Waals surface area contributed by atoms with Crippen molar-refractivity contribution < 1.29 is 12.8 Å². The molecule has 0 amide bonds. The minimum atomic E-state index is -3.74. The lowest BCUT2D eigenvalue weighted by atomic mass is 9.81. The summed E-state index contributed by atoms with van der Waals surface area (Å²) in [6.07, 6.45) is 2.87. The Labute approximate surface area is 190 Å². The van der Waals surface area contributed by atoms with Crippen LogP contribution in [-0.2, 0) is 16.6 Å². The standard InChI is InChI=1S/C24H23FN2O3S2/c1-31-20-6-2-17(3-7-20)22-10-11-23(28)27-14-16-12-18(24(22)27)15-26(13-16)32(29,30)21-8-4-19(25)5-9-21/h2-11,16,18H,12-15H2,1H3. The van der Waals surface area contributed by atoms with Crippen molar-refractivity contribution in [3.8, 4) is 11.1 Å². The molecule has 2 bridgehead atoms. The molecular formula is C24H23FN2O3S2. The second-order valence-corrected chi connectivity index (χ2v) is 11.2. The van der Waals surface area contributed by atoms with Gasteiger partial charge in [0.15, 0.2) is 0 Å². The maximum Gasteiger partial charge on any atom is 0.250 e. The molecule has 0 aliphatic carbocycles. The first-order chi connectivity index (χ1) is 15.4. The Hall–Kier alpha value is -2.42. The van der Waals surface area contributed by atoms with Gasteiger partial charge in [-0.2, -0.15) is 4.31 Å². The summed E-state index contributed by atoms with van der Waals surface area (Å²) < 4.78 is 43.2. The van der Waals surface area contributed by atoms with Gasteiger partial charge in [0, 0.05) is 47.8 Å². The first kappa shape index (κ1) is 21.4. The third-order valence-corrected chi connectivity index (χ3v) is 9.00. The molecular weight excluding hydrogens is 447 g/mol. The Balaban J connectivity index is 1.55. The summed E-state index contributed by atoms with van der Waals surface area (Å²) in [5.41, 5.74) is 2.85. The number of aromatic nitrogens is 1. The number of pyridine rings is 1. The van der Waals surface area contributed by atoms with Gasteiger partial charge >= 0.3 is 0 Å². The van der Waals surface area contributed by atoms with Crippen LogP contribution < -0.4 is 5.56 Å². The highest BCUT2D eigenvalue weighted by Crippen LogP contribution is 2.41. The van der Waals surface area contributed by atoms with E-state index in [1.165, 1.54) is 28.6 Å². The number of thioether (sulfide) groups is 1. The zero-order chi connectivity index (χ0) is 22.5. The third kappa shape index (κ3) is 3.70. The molecule has 32 heavy (non-hydrogen) atoms. The molecule has 3 aromatic rings. The quantitative estimate of drug-likeness (QED) is 0.537. The highest BCUT2D eigenvalue weighted by atomic mass is 32.2. The second kappa shape index (κ2) is 8.17. The molecule has 2 aromatic carbocycles. The van der Waals surface area contributed by atoms with Crippen molar-refractivity contribution in [3.63, 3.8) is 0 Å². The van der Waals surface area contributed by atoms with Crippen LogP contribution in [0.5, 0.6) is 0 Å². The lowest BCUT2D eigenvalue weighted by Crippen LogP contribution is -2.49. The summed E-state index contributed by atoms with van der Waals surface area (Å²) in [6.45, 7) is 1.15. The minimum Gasteiger partial charge on any atom is -0.311 e. The van der Waals surface area contributed by atoms with Crippen LogP contribution >= 0.6 is 11.8 Å². The molecule has 2 atom stereocenters. The van der Waals surface area contributed by atoms with Gasteiger partial charge in [0.25, 0.3) is 5.56 Å². The summed E-state index contributed by atoms with van der Waals surface area (Å²) in [4.78, 5) is 14.0. The molecule has 2 aliphatic heterocycles. The number of hydrogen-bond donors (Lipinski definition) is 0. The Morgan fingerprint density at radius 3 is 2.34 bits per heavy atom. The van der Waals surface area contributed by atoms with Gasteiger partial charge < -0.3 is 4.57 Å². The Morgan fingerprint density at radius 2 is 1.66 bits per heavy atom. The molecule has 3 heterocycles. The fraction of sp³-hybridized carbons (Fsp3) is 0.292. The van der Waals surface area contributed by atoms with E-state index in [1.807, 2.05) is 16.9 Å². The summed E-state index contributed by atoms with van der Waals surface area (Å²) in [7, 11) is -3.74. The summed E-state index contributed by atoms with van der Waals surface area (Å²) in [6, 6.07) is 16.6. The van der Waals surface area contributed by atoms with E-state index in [0.29, 0.717) is 19.6 Å². The van der Waals surface area contributed by atoms with Crippen molar-refractivity contribution in [2.45, 2.75) is 28.7 Å². The zero-order valence-electron chi connectivity index (χ0n) is 17.6. The van der Waals surface area contributed by atoms with Crippen molar-refractivity contribution >= 4 is 21.8 Å². The van der Waals surface area contributed by atoms with Gasteiger partial charge in [0.05, 0.1) is 4.90 Å². The van der Waals surface area contributed by atoms with Crippen molar-refractivity contribution in [2.24, 2.45) is 5.92 Å². The van der Waals surface area contributed by atoms with E-state index in [1.54, 1.807) is 17.8 Å². The molecule has 2 unspecified atom stereocenters. The lowest BCUT2D eigenvalue weighted by molar-refractivity contribution is 0.187. The van der Waals surface area contributed by atoms with Crippen LogP contribution in [-0.4, -0.2) is 36.6 Å². The van der Waals surface area contributed by atoms with E-state index in [9.17, 15) is 17.6 Å². The van der Waals surface area contributed by atoms with E-state index >= 15 is 0 Å². The first-order valence-electron chi connectivity index (χ1n) is 10.5. The number of piperidine rings is 1. The van der Waals surface area contributed by atoms with Gasteiger partial charge in [-0.1, -0.05) is 12.1 Å². The monoisotopic (exact) mass is 470 g/mol. The highest BCUT2D eigenvalue weighted by molar-refractivity contribution is 7.98. The van der Waals surface area contributed by atoms with Gasteiger partial charge in [-0.05, 0) is 66.6 Å². The Bertz CT molecular complexity index is 1320. The summed E-state index contributed by atoms with van der Waals surface area (Å²) in [5, 5.41) is 0. The Kier molecular flexibility index (Phi) is 5.47. The van der Waals surface area contributed by atoms with Crippen LogP contribution in [0.15, 0.2) is 75.2 Å². The minimum absolute atomic E-state index is 0.0472. The molecule has 0 spiro atoms. The average Bonchev–Trinajstić information content (AvgIpc) is 2.80. The molecule has 0 radical (unpaired) electrons. The topological polar surface area (TPSA) is 59.4 Å². The summed E-state index contributed by atoms with van der Waals surface area (Å²) >= 11 is 1.67. The van der Waals surface area contributed by atoms with Crippen LogP contribution in [0, 0.1) is 11.7 Å². The molecule has 166 valence electrons. The molecule has 8 heteroatoms. The molecule has 5 rings (SSSR count). The highest BCUT2D eigenvalue weighted by Gasteiger charge is 2.40. The zero-order valence-corrected chi connectivity index (χ0v) is 19.2. The van der Waals surface area contributed by atoms with Crippen molar-refractivity contribution in [1.82, 2.24) is 8.87 Å². The van der Waals surface area contributed by atoms with Gasteiger partial charge in [-0.25, -0.2) is 12.8 Å². The van der Waals surface area contributed by atoms with Gasteiger partial charge in [0.2, 0.25) is 10.0 Å². The number of rotatable bonds is 4. The normalized spacial score (nSPS) is 20.7.